The quantitative estimate of drug-likeness (QED) is 0.638. The fourth-order valence-corrected chi connectivity index (χ4v) is 5.77. The molecule has 8 nitrogen and oxygen atoms in total. The lowest BCUT2D eigenvalue weighted by Crippen LogP contribution is -2.31. The third-order valence-electron chi connectivity index (χ3n) is 4.84. The van der Waals surface area contributed by atoms with E-state index in [1.807, 2.05) is 19.9 Å². The van der Waals surface area contributed by atoms with Gasteiger partial charge in [0.2, 0.25) is 16.0 Å². The molecule has 156 valence electrons. The van der Waals surface area contributed by atoms with E-state index in [1.54, 1.807) is 30.6 Å². The van der Waals surface area contributed by atoms with Crippen LogP contribution in [0.4, 0.5) is 11.8 Å². The zero-order chi connectivity index (χ0) is 21.3. The SMILES string of the molecule is Cc1cc(C)nc(Nc2cncc(C3CCCN3S(=O)(=O)c3ccccc3Cl)n2)n1. The van der Waals surface area contributed by atoms with Crippen LogP contribution in [-0.4, -0.2) is 39.2 Å². The number of anilines is 2. The molecule has 4 rings (SSSR count). The van der Waals surface area contributed by atoms with E-state index in [0.29, 0.717) is 30.4 Å². The predicted octanol–water partition coefficient (Wildman–Crippen LogP) is 3.81. The van der Waals surface area contributed by atoms with E-state index >= 15 is 0 Å². The molecule has 1 atom stereocenters. The second kappa shape index (κ2) is 8.25. The van der Waals surface area contributed by atoms with Crippen molar-refractivity contribution in [3.8, 4) is 0 Å². The van der Waals surface area contributed by atoms with Gasteiger partial charge in [-0.1, -0.05) is 23.7 Å². The summed E-state index contributed by atoms with van der Waals surface area (Å²) in [7, 11) is -3.76. The predicted molar refractivity (Wildman–Crippen MR) is 114 cm³/mol. The molecule has 0 saturated carbocycles. The summed E-state index contributed by atoms with van der Waals surface area (Å²) in [4.78, 5) is 17.6. The molecule has 0 amide bonds. The van der Waals surface area contributed by atoms with Crippen molar-refractivity contribution in [3.05, 3.63) is 64.8 Å². The Bertz CT molecular complexity index is 1170. The molecule has 1 aliphatic heterocycles. The molecule has 0 aliphatic carbocycles. The van der Waals surface area contributed by atoms with Crippen LogP contribution in [0.15, 0.2) is 47.6 Å². The second-order valence-electron chi connectivity index (χ2n) is 7.13. The Balaban J connectivity index is 1.63. The van der Waals surface area contributed by atoms with Crippen molar-refractivity contribution in [2.45, 2.75) is 37.6 Å². The zero-order valence-electron chi connectivity index (χ0n) is 16.6. The Kier molecular flexibility index (Phi) is 5.68. The van der Waals surface area contributed by atoms with E-state index < -0.39 is 16.1 Å². The summed E-state index contributed by atoms with van der Waals surface area (Å²) in [6, 6.07) is 7.93. The van der Waals surface area contributed by atoms with Gasteiger partial charge >= 0.3 is 0 Å². The lowest BCUT2D eigenvalue weighted by Gasteiger charge is -2.24. The molecule has 0 spiro atoms. The van der Waals surface area contributed by atoms with Gasteiger partial charge in [-0.2, -0.15) is 4.31 Å². The smallest absolute Gasteiger partial charge is 0.245 e. The number of aromatic nitrogens is 4. The minimum Gasteiger partial charge on any atom is -0.307 e. The molecule has 1 fully saturated rings. The molecule has 10 heteroatoms. The van der Waals surface area contributed by atoms with Gasteiger partial charge in [-0.25, -0.2) is 23.4 Å². The number of benzene rings is 1. The topological polar surface area (TPSA) is 101 Å². The third-order valence-corrected chi connectivity index (χ3v) is 7.25. The van der Waals surface area contributed by atoms with E-state index in [9.17, 15) is 8.42 Å². The Morgan fingerprint density at radius 1 is 1.10 bits per heavy atom. The highest BCUT2D eigenvalue weighted by Crippen LogP contribution is 2.37. The molecule has 0 radical (unpaired) electrons. The fourth-order valence-electron chi connectivity index (χ4n) is 3.60. The second-order valence-corrected chi connectivity index (χ2v) is 9.40. The van der Waals surface area contributed by atoms with Crippen LogP contribution in [-0.2, 0) is 10.0 Å². The maximum atomic E-state index is 13.2. The number of sulfonamides is 1. The number of nitrogens with one attached hydrogen (secondary N) is 1. The van der Waals surface area contributed by atoms with Gasteiger partial charge in [-0.05, 0) is 44.9 Å². The molecule has 2 aromatic heterocycles. The van der Waals surface area contributed by atoms with Crippen molar-refractivity contribution in [2.75, 3.05) is 11.9 Å². The molecule has 1 aromatic carbocycles. The number of nitrogens with zero attached hydrogens (tertiary/aromatic N) is 5. The van der Waals surface area contributed by atoms with Crippen LogP contribution < -0.4 is 5.32 Å². The molecule has 1 saturated heterocycles. The zero-order valence-corrected chi connectivity index (χ0v) is 18.2. The van der Waals surface area contributed by atoms with Crippen LogP contribution in [0.2, 0.25) is 5.02 Å². The molecular formula is C20H21ClN6O2S. The van der Waals surface area contributed by atoms with Crippen LogP contribution in [0.1, 0.15) is 36.0 Å². The first-order valence-electron chi connectivity index (χ1n) is 9.52. The minimum atomic E-state index is -3.76. The van der Waals surface area contributed by atoms with Gasteiger partial charge in [-0.3, -0.25) is 4.98 Å². The monoisotopic (exact) mass is 444 g/mol. The lowest BCUT2D eigenvalue weighted by molar-refractivity contribution is 0.390. The first-order chi connectivity index (χ1) is 14.3. The van der Waals surface area contributed by atoms with Gasteiger partial charge < -0.3 is 5.32 Å². The maximum Gasteiger partial charge on any atom is 0.245 e. The average Bonchev–Trinajstić information content (AvgIpc) is 3.18. The Morgan fingerprint density at radius 3 is 2.57 bits per heavy atom. The van der Waals surface area contributed by atoms with Crippen LogP contribution in [0.25, 0.3) is 0 Å². The highest BCUT2D eigenvalue weighted by Gasteiger charge is 2.38. The number of halogens is 1. The number of hydrogen-bond donors (Lipinski definition) is 1. The fraction of sp³-hybridized carbons (Fsp3) is 0.300. The average molecular weight is 445 g/mol. The van der Waals surface area contributed by atoms with E-state index in [4.69, 9.17) is 11.6 Å². The third kappa shape index (κ3) is 4.14. The van der Waals surface area contributed by atoms with Crippen molar-refractivity contribution in [3.63, 3.8) is 0 Å². The number of hydrogen-bond acceptors (Lipinski definition) is 7. The highest BCUT2D eigenvalue weighted by molar-refractivity contribution is 7.89. The molecule has 3 heterocycles. The molecule has 1 N–H and O–H groups in total. The van der Waals surface area contributed by atoms with Gasteiger partial charge in [0.15, 0.2) is 5.82 Å². The Labute approximate surface area is 180 Å². The normalized spacial score (nSPS) is 17.2. The van der Waals surface area contributed by atoms with E-state index in [-0.39, 0.29) is 9.92 Å². The summed E-state index contributed by atoms with van der Waals surface area (Å²) in [6.45, 7) is 4.17. The first kappa shape index (κ1) is 20.6. The van der Waals surface area contributed by atoms with Crippen molar-refractivity contribution in [1.29, 1.82) is 0 Å². The molecular weight excluding hydrogens is 424 g/mol. The van der Waals surface area contributed by atoms with Crippen molar-refractivity contribution >= 4 is 33.4 Å². The van der Waals surface area contributed by atoms with E-state index in [1.165, 1.54) is 10.4 Å². The van der Waals surface area contributed by atoms with Gasteiger partial charge in [0.05, 0.1) is 29.2 Å². The molecule has 0 bridgehead atoms. The lowest BCUT2D eigenvalue weighted by atomic mass is 10.2. The molecule has 30 heavy (non-hydrogen) atoms. The van der Waals surface area contributed by atoms with Crippen molar-refractivity contribution in [1.82, 2.24) is 24.2 Å². The van der Waals surface area contributed by atoms with Gasteiger partial charge in [0.1, 0.15) is 4.90 Å². The van der Waals surface area contributed by atoms with Crippen molar-refractivity contribution < 1.29 is 8.42 Å². The van der Waals surface area contributed by atoms with Gasteiger partial charge in [-0.15, -0.1) is 0 Å². The molecule has 3 aromatic rings. The summed E-state index contributed by atoms with van der Waals surface area (Å²) in [6.07, 6.45) is 4.54. The van der Waals surface area contributed by atoms with E-state index in [2.05, 4.69) is 25.3 Å². The first-order valence-corrected chi connectivity index (χ1v) is 11.3. The Hall–Kier alpha value is -2.62. The Morgan fingerprint density at radius 2 is 1.83 bits per heavy atom. The maximum absolute atomic E-state index is 13.2. The largest absolute Gasteiger partial charge is 0.307 e. The van der Waals surface area contributed by atoms with Crippen LogP contribution in [0.3, 0.4) is 0 Å². The number of rotatable bonds is 5. The summed E-state index contributed by atoms with van der Waals surface area (Å²) < 4.78 is 27.9. The van der Waals surface area contributed by atoms with Crippen LogP contribution in [0.5, 0.6) is 0 Å². The van der Waals surface area contributed by atoms with Crippen LogP contribution in [0, 0.1) is 13.8 Å². The molecule has 1 unspecified atom stereocenters. The van der Waals surface area contributed by atoms with E-state index in [0.717, 1.165) is 17.8 Å². The minimum absolute atomic E-state index is 0.101. The summed E-state index contributed by atoms with van der Waals surface area (Å²) in [5.41, 5.74) is 2.24. The molecule has 1 aliphatic rings. The number of aryl methyl sites for hydroxylation is 2. The van der Waals surface area contributed by atoms with Gasteiger partial charge in [0.25, 0.3) is 0 Å². The standard InChI is InChI=1S/C20H21ClN6O2S/c1-13-10-14(2)24-20(23-13)26-19-12-22-11-16(25-19)17-7-5-9-27(17)30(28,29)18-8-4-3-6-15(18)21/h3-4,6,8,10-12,17H,5,7,9H2,1-2H3,(H,23,24,25,26). The van der Waals surface area contributed by atoms with Crippen LogP contribution >= 0.6 is 11.6 Å². The van der Waals surface area contributed by atoms with Gasteiger partial charge in [0, 0.05) is 17.9 Å². The summed E-state index contributed by atoms with van der Waals surface area (Å²) >= 11 is 6.16. The summed E-state index contributed by atoms with van der Waals surface area (Å²) in [5, 5.41) is 3.26. The highest BCUT2D eigenvalue weighted by atomic mass is 35.5. The summed E-state index contributed by atoms with van der Waals surface area (Å²) in [5.74, 6) is 0.880. The van der Waals surface area contributed by atoms with Crippen molar-refractivity contribution in [2.24, 2.45) is 0 Å².